The van der Waals surface area contributed by atoms with Crippen molar-refractivity contribution in [3.05, 3.63) is 41.3 Å². The zero-order valence-electron chi connectivity index (χ0n) is 11.4. The van der Waals surface area contributed by atoms with E-state index in [1.807, 2.05) is 24.8 Å². The van der Waals surface area contributed by atoms with Crippen molar-refractivity contribution in [1.82, 2.24) is 9.97 Å². The van der Waals surface area contributed by atoms with Gasteiger partial charge < -0.3 is 10.2 Å². The summed E-state index contributed by atoms with van der Waals surface area (Å²) in [6.45, 7) is 5.25. The summed E-state index contributed by atoms with van der Waals surface area (Å²) in [5.74, 6) is 0.769. The monoisotopic (exact) mass is 294 g/mol. The molecule has 0 spiro atoms. The van der Waals surface area contributed by atoms with Crippen LogP contribution in [-0.2, 0) is 0 Å². The Kier molecular flexibility index (Phi) is 4.74. The van der Waals surface area contributed by atoms with E-state index in [1.165, 1.54) is 12.1 Å². The zero-order chi connectivity index (χ0) is 14.5. The molecule has 2 aromatic rings. The highest BCUT2D eigenvalue weighted by molar-refractivity contribution is 6.33. The molecule has 1 N–H and O–H groups in total. The minimum Gasteiger partial charge on any atom is -0.354 e. The highest BCUT2D eigenvalue weighted by Crippen LogP contribution is 2.30. The number of benzene rings is 1. The van der Waals surface area contributed by atoms with Crippen LogP contribution < -0.4 is 10.2 Å². The zero-order valence-corrected chi connectivity index (χ0v) is 12.2. The van der Waals surface area contributed by atoms with E-state index in [4.69, 9.17) is 11.6 Å². The number of hydrogen-bond acceptors (Lipinski definition) is 4. The van der Waals surface area contributed by atoms with Gasteiger partial charge in [0, 0.05) is 18.8 Å². The molecular weight excluding hydrogens is 279 g/mol. The highest BCUT2D eigenvalue weighted by atomic mass is 35.5. The Labute approximate surface area is 122 Å². The summed E-state index contributed by atoms with van der Waals surface area (Å²) in [5.41, 5.74) is 0.704. The minimum absolute atomic E-state index is 0.293. The van der Waals surface area contributed by atoms with Crippen LogP contribution in [-0.4, -0.2) is 23.1 Å². The molecule has 0 amide bonds. The number of halogens is 2. The molecule has 20 heavy (non-hydrogen) atoms. The molecule has 0 aliphatic rings. The van der Waals surface area contributed by atoms with E-state index >= 15 is 0 Å². The molecule has 4 nitrogen and oxygen atoms in total. The van der Waals surface area contributed by atoms with E-state index in [2.05, 4.69) is 15.3 Å². The summed E-state index contributed by atoms with van der Waals surface area (Å²) in [5, 5.41) is 3.46. The van der Waals surface area contributed by atoms with E-state index in [0.29, 0.717) is 35.6 Å². The molecule has 2 rings (SSSR count). The Morgan fingerprint density at radius 2 is 2.15 bits per heavy atom. The summed E-state index contributed by atoms with van der Waals surface area (Å²) < 4.78 is 13.4. The number of rotatable bonds is 5. The third-order valence-corrected chi connectivity index (χ3v) is 3.02. The first kappa shape index (κ1) is 14.5. The van der Waals surface area contributed by atoms with Crippen LogP contribution >= 0.6 is 11.6 Å². The van der Waals surface area contributed by atoms with Gasteiger partial charge in [0.05, 0.1) is 6.20 Å². The van der Waals surface area contributed by atoms with Gasteiger partial charge in [-0.05, 0) is 32.0 Å². The number of aromatic nitrogens is 2. The van der Waals surface area contributed by atoms with Crippen LogP contribution in [0, 0.1) is 5.82 Å². The van der Waals surface area contributed by atoms with Crippen molar-refractivity contribution in [2.24, 2.45) is 0 Å². The quantitative estimate of drug-likeness (QED) is 0.909. The molecule has 1 heterocycles. The fraction of sp³-hybridized carbons (Fsp3) is 0.286. The molecular formula is C14H16ClFN4. The minimum atomic E-state index is -0.293. The van der Waals surface area contributed by atoms with Crippen LogP contribution in [0.15, 0.2) is 30.5 Å². The van der Waals surface area contributed by atoms with Crippen molar-refractivity contribution in [1.29, 1.82) is 0 Å². The molecule has 0 aliphatic heterocycles. The van der Waals surface area contributed by atoms with Crippen molar-refractivity contribution >= 4 is 29.1 Å². The van der Waals surface area contributed by atoms with E-state index in [0.717, 1.165) is 0 Å². The number of nitrogens with one attached hydrogen (secondary N) is 1. The van der Waals surface area contributed by atoms with Gasteiger partial charge in [0.15, 0.2) is 5.82 Å². The van der Waals surface area contributed by atoms with E-state index in [1.54, 1.807) is 12.3 Å². The average molecular weight is 295 g/mol. The van der Waals surface area contributed by atoms with E-state index < -0.39 is 0 Å². The topological polar surface area (TPSA) is 41.1 Å². The second-order valence-corrected chi connectivity index (χ2v) is 4.53. The standard InChI is InChI=1S/C14H16ClFN4/c1-3-17-14-18-9-12(15)13(19-14)20(4-2)11-7-5-6-10(16)8-11/h5-9H,3-4H2,1-2H3,(H,17,18,19). The summed E-state index contributed by atoms with van der Waals surface area (Å²) in [7, 11) is 0. The van der Waals surface area contributed by atoms with Gasteiger partial charge in [-0.2, -0.15) is 4.98 Å². The molecule has 106 valence electrons. The number of nitrogens with zero attached hydrogens (tertiary/aromatic N) is 3. The number of hydrogen-bond donors (Lipinski definition) is 1. The van der Waals surface area contributed by atoms with Crippen LogP contribution in [0.4, 0.5) is 21.8 Å². The Bertz CT molecular complexity index is 591. The van der Waals surface area contributed by atoms with Crippen molar-refractivity contribution in [2.45, 2.75) is 13.8 Å². The molecule has 0 saturated carbocycles. The summed E-state index contributed by atoms with van der Waals surface area (Å²) in [6, 6.07) is 6.34. The first-order valence-corrected chi connectivity index (χ1v) is 6.83. The lowest BCUT2D eigenvalue weighted by molar-refractivity contribution is 0.627. The van der Waals surface area contributed by atoms with E-state index in [9.17, 15) is 4.39 Å². The molecule has 0 radical (unpaired) electrons. The van der Waals surface area contributed by atoms with Crippen molar-refractivity contribution in [2.75, 3.05) is 23.3 Å². The fourth-order valence-electron chi connectivity index (χ4n) is 1.89. The molecule has 6 heteroatoms. The average Bonchev–Trinajstić information content (AvgIpc) is 2.43. The maximum atomic E-state index is 13.4. The van der Waals surface area contributed by atoms with Crippen molar-refractivity contribution < 1.29 is 4.39 Å². The first-order chi connectivity index (χ1) is 9.65. The van der Waals surface area contributed by atoms with Crippen LogP contribution in [0.25, 0.3) is 0 Å². The molecule has 0 fully saturated rings. The largest absolute Gasteiger partial charge is 0.354 e. The third kappa shape index (κ3) is 3.17. The van der Waals surface area contributed by atoms with Crippen LogP contribution in [0.3, 0.4) is 0 Å². The van der Waals surface area contributed by atoms with Gasteiger partial charge in [0.25, 0.3) is 0 Å². The predicted molar refractivity (Wildman–Crippen MR) is 80.3 cm³/mol. The van der Waals surface area contributed by atoms with Crippen molar-refractivity contribution in [3.63, 3.8) is 0 Å². The lowest BCUT2D eigenvalue weighted by Crippen LogP contribution is -2.19. The van der Waals surface area contributed by atoms with Gasteiger partial charge in [-0.15, -0.1) is 0 Å². The lowest BCUT2D eigenvalue weighted by atomic mass is 10.2. The Hall–Kier alpha value is -1.88. The maximum absolute atomic E-state index is 13.4. The highest BCUT2D eigenvalue weighted by Gasteiger charge is 2.14. The van der Waals surface area contributed by atoms with Crippen molar-refractivity contribution in [3.8, 4) is 0 Å². The maximum Gasteiger partial charge on any atom is 0.224 e. The Morgan fingerprint density at radius 3 is 2.80 bits per heavy atom. The molecule has 0 saturated heterocycles. The van der Waals surface area contributed by atoms with Crippen LogP contribution in [0.5, 0.6) is 0 Å². The smallest absolute Gasteiger partial charge is 0.224 e. The van der Waals surface area contributed by atoms with Gasteiger partial charge >= 0.3 is 0 Å². The summed E-state index contributed by atoms with van der Waals surface area (Å²) in [6.07, 6.45) is 1.55. The molecule has 0 atom stereocenters. The van der Waals surface area contributed by atoms with Gasteiger partial charge in [-0.25, -0.2) is 9.37 Å². The Balaban J connectivity index is 2.43. The molecule has 0 aliphatic carbocycles. The predicted octanol–water partition coefficient (Wildman–Crippen LogP) is 3.86. The Morgan fingerprint density at radius 1 is 1.35 bits per heavy atom. The lowest BCUT2D eigenvalue weighted by Gasteiger charge is -2.23. The van der Waals surface area contributed by atoms with Gasteiger partial charge in [0.1, 0.15) is 10.8 Å². The normalized spacial score (nSPS) is 10.4. The van der Waals surface area contributed by atoms with Gasteiger partial charge in [-0.1, -0.05) is 17.7 Å². The van der Waals surface area contributed by atoms with E-state index in [-0.39, 0.29) is 5.82 Å². The summed E-state index contributed by atoms with van der Waals surface area (Å²) >= 11 is 6.17. The first-order valence-electron chi connectivity index (χ1n) is 6.45. The van der Waals surface area contributed by atoms with Gasteiger partial charge in [-0.3, -0.25) is 0 Å². The summed E-state index contributed by atoms with van der Waals surface area (Å²) in [4.78, 5) is 10.3. The molecule has 1 aromatic heterocycles. The molecule has 0 bridgehead atoms. The third-order valence-electron chi connectivity index (χ3n) is 2.75. The molecule has 1 aromatic carbocycles. The SMILES string of the molecule is CCNc1ncc(Cl)c(N(CC)c2cccc(F)c2)n1. The fourth-order valence-corrected chi connectivity index (χ4v) is 2.08. The van der Waals surface area contributed by atoms with Crippen LogP contribution in [0.2, 0.25) is 5.02 Å². The van der Waals surface area contributed by atoms with Crippen LogP contribution in [0.1, 0.15) is 13.8 Å². The molecule has 0 unspecified atom stereocenters. The number of anilines is 3. The van der Waals surface area contributed by atoms with Gasteiger partial charge in [0.2, 0.25) is 5.95 Å². The second-order valence-electron chi connectivity index (χ2n) is 4.12. The second kappa shape index (κ2) is 6.52.